The first-order chi connectivity index (χ1) is 5.49. The first-order valence-corrected chi connectivity index (χ1v) is 4.35. The maximum atomic E-state index is 5.76. The molecular weight excluding hydrogens is 152 g/mol. The molecule has 0 spiro atoms. The molecule has 72 valence electrons. The van der Waals surface area contributed by atoms with Gasteiger partial charge >= 0.3 is 0 Å². The minimum Gasteiger partial charge on any atom is -0.385 e. The van der Waals surface area contributed by atoms with Gasteiger partial charge in [0.15, 0.2) is 0 Å². The lowest BCUT2D eigenvalue weighted by molar-refractivity contribution is 0.117. The van der Waals surface area contributed by atoms with E-state index >= 15 is 0 Å². The van der Waals surface area contributed by atoms with E-state index in [0.717, 1.165) is 0 Å². The molecule has 0 bridgehead atoms. The highest BCUT2D eigenvalue weighted by Crippen LogP contribution is 2.06. The van der Waals surface area contributed by atoms with Crippen LogP contribution in [0.5, 0.6) is 0 Å². The first kappa shape index (κ1) is 11.4. The monoisotopic (exact) mass is 172 g/mol. The van der Waals surface area contributed by atoms with E-state index in [-0.39, 0.29) is 12.1 Å². The van der Waals surface area contributed by atoms with Gasteiger partial charge in [-0.05, 0) is 19.8 Å². The van der Waals surface area contributed by atoms with Gasteiger partial charge in [0.2, 0.25) is 0 Å². The van der Waals surface area contributed by atoms with E-state index in [9.17, 15) is 0 Å². The van der Waals surface area contributed by atoms with Crippen molar-refractivity contribution in [2.24, 2.45) is 16.6 Å². The predicted octanol–water partition coefficient (Wildman–Crippen LogP) is 1.42. The Labute approximate surface area is 75.0 Å². The van der Waals surface area contributed by atoms with Crippen LogP contribution in [0.2, 0.25) is 0 Å². The molecule has 0 rings (SSSR count). The van der Waals surface area contributed by atoms with Gasteiger partial charge < -0.3 is 10.5 Å². The van der Waals surface area contributed by atoms with Crippen molar-refractivity contribution >= 4 is 5.84 Å². The third-order valence-electron chi connectivity index (χ3n) is 1.56. The molecule has 0 aliphatic heterocycles. The van der Waals surface area contributed by atoms with E-state index < -0.39 is 0 Å². The molecule has 1 atom stereocenters. The molecule has 0 fully saturated rings. The van der Waals surface area contributed by atoms with Crippen molar-refractivity contribution in [3.05, 3.63) is 0 Å². The number of methoxy groups -OCH3 is 1. The topological polar surface area (TPSA) is 47.6 Å². The van der Waals surface area contributed by atoms with Gasteiger partial charge in [-0.15, -0.1) is 0 Å². The van der Waals surface area contributed by atoms with Gasteiger partial charge in [0.1, 0.15) is 11.9 Å². The number of ether oxygens (including phenoxy) is 1. The average Bonchev–Trinajstić information content (AvgIpc) is 1.85. The third-order valence-corrected chi connectivity index (χ3v) is 1.56. The minimum absolute atomic E-state index is 0.0487. The Kier molecular flexibility index (Phi) is 4.90. The van der Waals surface area contributed by atoms with Gasteiger partial charge in [0.05, 0.1) is 0 Å². The molecule has 0 aromatic rings. The lowest BCUT2D eigenvalue weighted by atomic mass is 10.1. The molecule has 0 amide bonds. The fourth-order valence-electron chi connectivity index (χ4n) is 1.11. The molecule has 1 unspecified atom stereocenters. The summed E-state index contributed by atoms with van der Waals surface area (Å²) in [4.78, 5) is 4.24. The van der Waals surface area contributed by atoms with Gasteiger partial charge in [0.25, 0.3) is 0 Å². The maximum absolute atomic E-state index is 5.76. The molecule has 0 saturated heterocycles. The molecule has 0 radical (unpaired) electrons. The Morgan fingerprint density at radius 1 is 1.25 bits per heavy atom. The highest BCUT2D eigenvalue weighted by molar-refractivity contribution is 5.85. The Hall–Kier alpha value is -0.570. The van der Waals surface area contributed by atoms with Gasteiger partial charge in [0, 0.05) is 13.2 Å². The Morgan fingerprint density at radius 3 is 2.00 bits per heavy atom. The molecule has 0 aliphatic carbocycles. The van der Waals surface area contributed by atoms with Gasteiger partial charge in [-0.3, -0.25) is 4.99 Å². The second-order valence-electron chi connectivity index (χ2n) is 3.55. The summed E-state index contributed by atoms with van der Waals surface area (Å²) in [6.45, 7) is 8.13. The van der Waals surface area contributed by atoms with Crippen molar-refractivity contribution in [3.8, 4) is 0 Å². The number of hydrogen-bond acceptors (Lipinski definition) is 2. The molecule has 2 N–H and O–H groups in total. The molecule has 3 nitrogen and oxygen atoms in total. The quantitative estimate of drug-likeness (QED) is 0.515. The fourth-order valence-corrected chi connectivity index (χ4v) is 1.11. The molecule has 3 heteroatoms. The van der Waals surface area contributed by atoms with E-state index in [4.69, 9.17) is 10.5 Å². The number of nitrogens with zero attached hydrogens (tertiary/aromatic N) is 1. The molecule has 0 aromatic heterocycles. The zero-order chi connectivity index (χ0) is 9.72. The van der Waals surface area contributed by atoms with Crippen LogP contribution in [0.1, 0.15) is 27.7 Å². The van der Waals surface area contributed by atoms with Crippen molar-refractivity contribution in [1.82, 2.24) is 0 Å². The van der Waals surface area contributed by atoms with Crippen molar-refractivity contribution in [2.45, 2.75) is 39.8 Å². The first-order valence-electron chi connectivity index (χ1n) is 4.35. The number of hydrogen-bond donors (Lipinski definition) is 1. The standard InChI is InChI=1S/C9H20N2O/c1-6(2)8(12-5)9(10)11-7(3)4/h6-8H,1-5H3,(H2,10,11). The smallest absolute Gasteiger partial charge is 0.124 e. The molecule has 0 aliphatic rings. The van der Waals surface area contributed by atoms with Crippen molar-refractivity contribution in [1.29, 1.82) is 0 Å². The summed E-state index contributed by atoms with van der Waals surface area (Å²) in [6, 6.07) is 0.237. The van der Waals surface area contributed by atoms with Crippen LogP contribution in [0.25, 0.3) is 0 Å². The summed E-state index contributed by atoms with van der Waals surface area (Å²) in [5.74, 6) is 0.972. The van der Waals surface area contributed by atoms with E-state index in [1.54, 1.807) is 7.11 Å². The molecular formula is C9H20N2O. The van der Waals surface area contributed by atoms with Crippen LogP contribution in [0.15, 0.2) is 4.99 Å². The summed E-state index contributed by atoms with van der Waals surface area (Å²) >= 11 is 0. The normalized spacial score (nSPS) is 15.8. The molecule has 0 saturated carbocycles. The van der Waals surface area contributed by atoms with Gasteiger partial charge in [-0.25, -0.2) is 0 Å². The average molecular weight is 172 g/mol. The molecule has 12 heavy (non-hydrogen) atoms. The number of rotatable bonds is 4. The Bertz CT molecular complexity index is 153. The fraction of sp³-hybridized carbons (Fsp3) is 0.889. The van der Waals surface area contributed by atoms with Crippen LogP contribution >= 0.6 is 0 Å². The van der Waals surface area contributed by atoms with Crippen molar-refractivity contribution in [2.75, 3.05) is 7.11 Å². The van der Waals surface area contributed by atoms with Crippen molar-refractivity contribution < 1.29 is 4.74 Å². The summed E-state index contributed by atoms with van der Waals surface area (Å²) in [7, 11) is 1.66. The highest BCUT2D eigenvalue weighted by atomic mass is 16.5. The summed E-state index contributed by atoms with van der Waals surface area (Å²) in [6.07, 6.45) is -0.0487. The van der Waals surface area contributed by atoms with Gasteiger partial charge in [-0.1, -0.05) is 13.8 Å². The number of aliphatic imine (C=N–C) groups is 1. The summed E-state index contributed by atoms with van der Waals surface area (Å²) < 4.78 is 5.22. The van der Waals surface area contributed by atoms with E-state index in [2.05, 4.69) is 18.8 Å². The predicted molar refractivity (Wildman–Crippen MR) is 52.4 cm³/mol. The zero-order valence-electron chi connectivity index (χ0n) is 8.66. The third kappa shape index (κ3) is 3.72. The van der Waals surface area contributed by atoms with Gasteiger partial charge in [-0.2, -0.15) is 0 Å². The summed E-state index contributed by atoms with van der Waals surface area (Å²) in [5, 5.41) is 0. The van der Waals surface area contributed by atoms with E-state index in [0.29, 0.717) is 11.8 Å². The summed E-state index contributed by atoms with van der Waals surface area (Å²) in [5.41, 5.74) is 5.76. The van der Waals surface area contributed by atoms with Crippen LogP contribution < -0.4 is 5.73 Å². The minimum atomic E-state index is -0.0487. The van der Waals surface area contributed by atoms with Crippen LogP contribution in [-0.2, 0) is 4.74 Å². The van der Waals surface area contributed by atoms with Crippen molar-refractivity contribution in [3.63, 3.8) is 0 Å². The Balaban J connectivity index is 4.30. The SMILES string of the molecule is COC(C(N)=NC(C)C)C(C)C. The lowest BCUT2D eigenvalue weighted by Gasteiger charge is -2.19. The zero-order valence-corrected chi connectivity index (χ0v) is 8.66. The lowest BCUT2D eigenvalue weighted by Crippen LogP contribution is -2.35. The second kappa shape index (κ2) is 5.14. The van der Waals surface area contributed by atoms with Crippen LogP contribution in [0.4, 0.5) is 0 Å². The largest absolute Gasteiger partial charge is 0.385 e. The Morgan fingerprint density at radius 2 is 1.75 bits per heavy atom. The molecule has 0 heterocycles. The number of nitrogens with two attached hydrogens (primary N) is 1. The second-order valence-corrected chi connectivity index (χ2v) is 3.55. The van der Waals surface area contributed by atoms with Crippen LogP contribution in [0, 0.1) is 5.92 Å². The van der Waals surface area contributed by atoms with Crippen LogP contribution in [0.3, 0.4) is 0 Å². The highest BCUT2D eigenvalue weighted by Gasteiger charge is 2.16. The maximum Gasteiger partial charge on any atom is 0.124 e. The number of amidine groups is 1. The van der Waals surface area contributed by atoms with E-state index in [1.165, 1.54) is 0 Å². The van der Waals surface area contributed by atoms with Crippen LogP contribution in [-0.4, -0.2) is 25.1 Å². The van der Waals surface area contributed by atoms with E-state index in [1.807, 2.05) is 13.8 Å². The molecule has 0 aromatic carbocycles.